The number of carbonyl (C=O) groups excluding carboxylic acids is 1. The fourth-order valence-electron chi connectivity index (χ4n) is 2.63. The number of amides is 1. The summed E-state index contributed by atoms with van der Waals surface area (Å²) < 4.78 is 6.17. The Kier molecular flexibility index (Phi) is 5.07. The average molecular weight is 360 g/mol. The summed E-state index contributed by atoms with van der Waals surface area (Å²) in [5.41, 5.74) is 1.19. The maximum absolute atomic E-state index is 12.6. The molecule has 1 atom stereocenters. The van der Waals surface area contributed by atoms with Gasteiger partial charge < -0.3 is 10.1 Å². The lowest BCUT2D eigenvalue weighted by molar-refractivity contribution is 0.0944. The Morgan fingerprint density at radius 1 is 1.25 bits per heavy atom. The second-order valence-electron chi connectivity index (χ2n) is 5.67. The number of methoxy groups -OCH3 is 1. The third-order valence-corrected chi connectivity index (χ3v) is 5.46. The molecule has 1 heterocycles. The van der Waals surface area contributed by atoms with Gasteiger partial charge in [-0.1, -0.05) is 41.9 Å². The summed E-state index contributed by atoms with van der Waals surface area (Å²) in [7, 11) is 1.62. The number of thiophene rings is 1. The lowest BCUT2D eigenvalue weighted by Gasteiger charge is -2.13. The highest BCUT2D eigenvalue weighted by atomic mass is 35.5. The van der Waals surface area contributed by atoms with Crippen molar-refractivity contribution in [3.05, 3.63) is 64.0 Å². The normalized spacial score (nSPS) is 12.1. The van der Waals surface area contributed by atoms with Gasteiger partial charge in [-0.05, 0) is 37.1 Å². The Morgan fingerprint density at radius 2 is 2.00 bits per heavy atom. The molecule has 0 spiro atoms. The number of carbonyl (C=O) groups is 1. The Morgan fingerprint density at radius 3 is 2.71 bits per heavy atom. The molecule has 0 saturated carbocycles. The average Bonchev–Trinajstić information content (AvgIpc) is 2.92. The fourth-order valence-corrected chi connectivity index (χ4v) is 4.08. The SMILES string of the molecule is COc1ccc2c(Cl)c(C(=O)NC(C)Cc3ccccc3)sc2c1. The van der Waals surface area contributed by atoms with Gasteiger partial charge in [-0.25, -0.2) is 0 Å². The number of hydrogen-bond donors (Lipinski definition) is 1. The molecule has 0 aliphatic rings. The summed E-state index contributed by atoms with van der Waals surface area (Å²) in [5.74, 6) is 0.619. The number of fused-ring (bicyclic) bond motifs is 1. The highest BCUT2D eigenvalue weighted by Gasteiger charge is 2.19. The predicted molar refractivity (Wildman–Crippen MR) is 100 cm³/mol. The molecule has 0 bridgehead atoms. The summed E-state index contributed by atoms with van der Waals surface area (Å²) >= 11 is 7.79. The van der Waals surface area contributed by atoms with Gasteiger partial charge >= 0.3 is 0 Å². The molecule has 0 radical (unpaired) electrons. The van der Waals surface area contributed by atoms with Crippen LogP contribution in [-0.4, -0.2) is 19.1 Å². The molecular formula is C19H18ClNO2S. The summed E-state index contributed by atoms with van der Waals surface area (Å²) in [6.45, 7) is 2.00. The van der Waals surface area contributed by atoms with Crippen molar-refractivity contribution in [1.82, 2.24) is 5.32 Å². The Labute approximate surface area is 150 Å². The topological polar surface area (TPSA) is 38.3 Å². The third kappa shape index (κ3) is 3.55. The summed E-state index contributed by atoms with van der Waals surface area (Å²) in [5, 5.41) is 4.41. The predicted octanol–water partition coefficient (Wildman–Crippen LogP) is 4.92. The van der Waals surface area contributed by atoms with E-state index < -0.39 is 0 Å². The van der Waals surface area contributed by atoms with E-state index in [9.17, 15) is 4.79 Å². The summed E-state index contributed by atoms with van der Waals surface area (Å²) in [6.07, 6.45) is 0.781. The number of hydrogen-bond acceptors (Lipinski definition) is 3. The second-order valence-corrected chi connectivity index (χ2v) is 7.10. The second kappa shape index (κ2) is 7.24. The molecule has 1 N–H and O–H groups in total. The molecule has 1 aromatic heterocycles. The first-order valence-corrected chi connectivity index (χ1v) is 8.88. The van der Waals surface area contributed by atoms with Crippen LogP contribution in [0.1, 0.15) is 22.2 Å². The van der Waals surface area contributed by atoms with Crippen molar-refractivity contribution < 1.29 is 9.53 Å². The molecule has 1 unspecified atom stereocenters. The van der Waals surface area contributed by atoms with Crippen LogP contribution >= 0.6 is 22.9 Å². The van der Waals surface area contributed by atoms with Crippen LogP contribution in [-0.2, 0) is 6.42 Å². The van der Waals surface area contributed by atoms with Crippen molar-refractivity contribution >= 4 is 38.9 Å². The van der Waals surface area contributed by atoms with Gasteiger partial charge in [0, 0.05) is 16.1 Å². The number of rotatable bonds is 5. The molecule has 0 aliphatic heterocycles. The molecule has 0 saturated heterocycles. The molecule has 24 heavy (non-hydrogen) atoms. The first-order chi connectivity index (χ1) is 11.6. The maximum Gasteiger partial charge on any atom is 0.263 e. The minimum atomic E-state index is -0.136. The van der Waals surface area contributed by atoms with Gasteiger partial charge in [0.05, 0.1) is 12.1 Å². The minimum Gasteiger partial charge on any atom is -0.497 e. The molecule has 124 valence electrons. The van der Waals surface area contributed by atoms with E-state index >= 15 is 0 Å². The van der Waals surface area contributed by atoms with Crippen molar-refractivity contribution in [2.75, 3.05) is 7.11 Å². The quantitative estimate of drug-likeness (QED) is 0.701. The van der Waals surface area contributed by atoms with Gasteiger partial charge in [0.2, 0.25) is 0 Å². The van der Waals surface area contributed by atoms with Crippen LogP contribution in [0.5, 0.6) is 5.75 Å². The van der Waals surface area contributed by atoms with E-state index in [2.05, 4.69) is 17.4 Å². The van der Waals surface area contributed by atoms with E-state index in [0.29, 0.717) is 9.90 Å². The summed E-state index contributed by atoms with van der Waals surface area (Å²) in [4.78, 5) is 13.1. The van der Waals surface area contributed by atoms with Gasteiger partial charge in [0.15, 0.2) is 0 Å². The van der Waals surface area contributed by atoms with E-state index in [1.54, 1.807) is 7.11 Å². The van der Waals surface area contributed by atoms with Crippen molar-refractivity contribution in [3.8, 4) is 5.75 Å². The number of benzene rings is 2. The highest BCUT2D eigenvalue weighted by molar-refractivity contribution is 7.21. The van der Waals surface area contributed by atoms with Crippen molar-refractivity contribution in [2.45, 2.75) is 19.4 Å². The zero-order valence-corrected chi connectivity index (χ0v) is 15.1. The zero-order chi connectivity index (χ0) is 17.1. The zero-order valence-electron chi connectivity index (χ0n) is 13.5. The first-order valence-electron chi connectivity index (χ1n) is 7.69. The van der Waals surface area contributed by atoms with E-state index in [1.165, 1.54) is 16.9 Å². The minimum absolute atomic E-state index is 0.0238. The van der Waals surface area contributed by atoms with Crippen molar-refractivity contribution in [3.63, 3.8) is 0 Å². The standard InChI is InChI=1S/C19H18ClNO2S/c1-12(10-13-6-4-3-5-7-13)21-19(22)18-17(20)15-9-8-14(23-2)11-16(15)24-18/h3-9,11-12H,10H2,1-2H3,(H,21,22). The Balaban J connectivity index is 1.77. The van der Waals surface area contributed by atoms with Crippen LogP contribution in [0.15, 0.2) is 48.5 Å². The highest BCUT2D eigenvalue weighted by Crippen LogP contribution is 2.37. The third-order valence-electron chi connectivity index (χ3n) is 3.81. The van der Waals surface area contributed by atoms with Gasteiger partial charge in [-0.15, -0.1) is 11.3 Å². The van der Waals surface area contributed by atoms with Gasteiger partial charge in [0.25, 0.3) is 5.91 Å². The molecule has 0 fully saturated rings. The lowest BCUT2D eigenvalue weighted by Crippen LogP contribution is -2.33. The van der Waals surface area contributed by atoms with Crippen molar-refractivity contribution in [2.24, 2.45) is 0 Å². The molecule has 3 rings (SSSR count). The van der Waals surface area contributed by atoms with Gasteiger partial charge in [-0.2, -0.15) is 0 Å². The van der Waals surface area contributed by atoms with E-state index in [-0.39, 0.29) is 11.9 Å². The van der Waals surface area contributed by atoms with Crippen LogP contribution in [0.4, 0.5) is 0 Å². The molecule has 3 aromatic rings. The molecule has 1 amide bonds. The molecular weight excluding hydrogens is 342 g/mol. The van der Waals surface area contributed by atoms with Crippen LogP contribution in [0.3, 0.4) is 0 Å². The molecule has 0 aliphatic carbocycles. The van der Waals surface area contributed by atoms with Crippen LogP contribution in [0, 0.1) is 0 Å². The maximum atomic E-state index is 12.6. The number of nitrogens with one attached hydrogen (secondary N) is 1. The van der Waals surface area contributed by atoms with Crippen molar-refractivity contribution in [1.29, 1.82) is 0 Å². The van der Waals surface area contributed by atoms with Crippen LogP contribution < -0.4 is 10.1 Å². The van der Waals surface area contributed by atoms with E-state index in [0.717, 1.165) is 22.3 Å². The largest absolute Gasteiger partial charge is 0.497 e. The molecule has 2 aromatic carbocycles. The van der Waals surface area contributed by atoms with E-state index in [4.69, 9.17) is 16.3 Å². The molecule has 3 nitrogen and oxygen atoms in total. The molecule has 5 heteroatoms. The first kappa shape index (κ1) is 16.8. The number of ether oxygens (including phenoxy) is 1. The smallest absolute Gasteiger partial charge is 0.263 e. The fraction of sp³-hybridized carbons (Fsp3) is 0.211. The van der Waals surface area contributed by atoms with E-state index in [1.807, 2.05) is 43.3 Å². The van der Waals surface area contributed by atoms with Crippen LogP contribution in [0.2, 0.25) is 5.02 Å². The lowest BCUT2D eigenvalue weighted by atomic mass is 10.1. The monoisotopic (exact) mass is 359 g/mol. The van der Waals surface area contributed by atoms with Gasteiger partial charge in [0.1, 0.15) is 10.6 Å². The van der Waals surface area contributed by atoms with Crippen LogP contribution in [0.25, 0.3) is 10.1 Å². The Bertz CT molecular complexity index is 860. The number of halogens is 1. The Hall–Kier alpha value is -2.04. The summed E-state index contributed by atoms with van der Waals surface area (Å²) in [6, 6.07) is 15.8. The van der Waals surface area contributed by atoms with Gasteiger partial charge in [-0.3, -0.25) is 4.79 Å².